The Balaban J connectivity index is 2.55. The number of halogens is 1. The van der Waals surface area contributed by atoms with Crippen molar-refractivity contribution in [1.29, 1.82) is 0 Å². The first-order valence-corrected chi connectivity index (χ1v) is 6.51. The Morgan fingerprint density at radius 3 is 2.24 bits per heavy atom. The van der Waals surface area contributed by atoms with Crippen molar-refractivity contribution in [1.82, 2.24) is 0 Å². The summed E-state index contributed by atoms with van der Waals surface area (Å²) < 4.78 is 4.77. The van der Waals surface area contributed by atoms with Crippen molar-refractivity contribution < 1.29 is 35.1 Å². The van der Waals surface area contributed by atoms with Crippen LogP contribution in [0.3, 0.4) is 0 Å². The Labute approximate surface area is 126 Å². The van der Waals surface area contributed by atoms with Crippen molar-refractivity contribution in [2.24, 2.45) is 0 Å². The molecule has 0 saturated carbocycles. The highest BCUT2D eigenvalue weighted by Crippen LogP contribution is 2.16. The fourth-order valence-electron chi connectivity index (χ4n) is 1.53. The first-order chi connectivity index (χ1) is 9.88. The molecule has 0 amide bonds. The van der Waals surface area contributed by atoms with Crippen LogP contribution in [0.15, 0.2) is 24.3 Å². The fraction of sp³-hybridized carbons (Fsp3) is 0.462. The van der Waals surface area contributed by atoms with E-state index in [1.54, 1.807) is 12.1 Å². The highest BCUT2D eigenvalue weighted by molar-refractivity contribution is 6.33. The summed E-state index contributed by atoms with van der Waals surface area (Å²) in [6.07, 6.45) is -6.81. The molecule has 0 radical (unpaired) electrons. The Bertz CT molecular complexity index is 468. The largest absolute Gasteiger partial charge is 0.459 e. The topological polar surface area (TPSA) is 127 Å². The Morgan fingerprint density at radius 2 is 1.67 bits per heavy atom. The van der Waals surface area contributed by atoms with Crippen LogP contribution in [-0.2, 0) is 4.74 Å². The van der Waals surface area contributed by atoms with Crippen LogP contribution in [0.4, 0.5) is 0 Å². The monoisotopic (exact) mass is 320 g/mol. The summed E-state index contributed by atoms with van der Waals surface area (Å²) in [5.74, 6) is -0.802. The lowest BCUT2D eigenvalue weighted by molar-refractivity contribution is -0.124. The molecule has 0 bridgehead atoms. The molecule has 0 aliphatic rings. The zero-order chi connectivity index (χ0) is 16.0. The third-order valence-corrected chi connectivity index (χ3v) is 3.13. The molecule has 0 aliphatic heterocycles. The predicted molar refractivity (Wildman–Crippen MR) is 72.8 cm³/mol. The van der Waals surface area contributed by atoms with Gasteiger partial charge in [0.15, 0.2) is 0 Å². The van der Waals surface area contributed by atoms with E-state index in [4.69, 9.17) is 26.6 Å². The first kappa shape index (κ1) is 17.8. The van der Waals surface area contributed by atoms with E-state index in [1.807, 2.05) is 0 Å². The third-order valence-electron chi connectivity index (χ3n) is 2.80. The number of hydrogen-bond acceptors (Lipinski definition) is 7. The summed E-state index contributed by atoms with van der Waals surface area (Å²) in [6.45, 7) is -1.40. The van der Waals surface area contributed by atoms with Gasteiger partial charge in [-0.2, -0.15) is 0 Å². The van der Waals surface area contributed by atoms with E-state index in [9.17, 15) is 20.1 Å². The summed E-state index contributed by atoms with van der Waals surface area (Å²) in [6, 6.07) is 6.13. The van der Waals surface area contributed by atoms with Crippen LogP contribution in [0, 0.1) is 0 Å². The maximum absolute atomic E-state index is 11.7. The van der Waals surface area contributed by atoms with Crippen molar-refractivity contribution in [3.63, 3.8) is 0 Å². The van der Waals surface area contributed by atoms with Gasteiger partial charge in [-0.15, -0.1) is 0 Å². The van der Waals surface area contributed by atoms with E-state index >= 15 is 0 Å². The second kappa shape index (κ2) is 8.28. The number of carbonyl (C=O) groups is 1. The molecule has 0 heterocycles. The molecule has 0 aliphatic carbocycles. The van der Waals surface area contributed by atoms with Gasteiger partial charge in [-0.05, 0) is 12.1 Å². The number of aliphatic hydroxyl groups is 5. The van der Waals surface area contributed by atoms with Crippen LogP contribution >= 0.6 is 11.6 Å². The molecule has 0 saturated heterocycles. The van der Waals surface area contributed by atoms with Gasteiger partial charge in [0, 0.05) is 0 Å². The lowest BCUT2D eigenvalue weighted by Crippen LogP contribution is -2.47. The van der Waals surface area contributed by atoms with Crippen LogP contribution in [0.5, 0.6) is 0 Å². The van der Waals surface area contributed by atoms with Crippen molar-refractivity contribution in [2.75, 3.05) is 13.2 Å². The van der Waals surface area contributed by atoms with Crippen molar-refractivity contribution in [3.8, 4) is 0 Å². The average molecular weight is 321 g/mol. The van der Waals surface area contributed by atoms with Crippen LogP contribution < -0.4 is 0 Å². The van der Waals surface area contributed by atoms with E-state index < -0.39 is 43.6 Å². The molecule has 1 aromatic carbocycles. The first-order valence-electron chi connectivity index (χ1n) is 6.13. The number of benzene rings is 1. The molecule has 0 fully saturated rings. The number of rotatable bonds is 7. The van der Waals surface area contributed by atoms with E-state index in [0.29, 0.717) is 0 Å². The summed E-state index contributed by atoms with van der Waals surface area (Å²) in [5, 5.41) is 46.5. The molecule has 0 unspecified atom stereocenters. The molecule has 1 aromatic rings. The van der Waals surface area contributed by atoms with Crippen molar-refractivity contribution in [2.45, 2.75) is 24.4 Å². The van der Waals surface area contributed by atoms with Crippen LogP contribution in [0.25, 0.3) is 0 Å². The Morgan fingerprint density at radius 1 is 1.10 bits per heavy atom. The van der Waals surface area contributed by atoms with Gasteiger partial charge >= 0.3 is 5.97 Å². The van der Waals surface area contributed by atoms with Gasteiger partial charge in [-0.1, -0.05) is 23.7 Å². The highest BCUT2D eigenvalue weighted by Gasteiger charge is 2.30. The van der Waals surface area contributed by atoms with Gasteiger partial charge in [-0.3, -0.25) is 0 Å². The SMILES string of the molecule is O=C(OC[C@H](O)[C@H](O)[C@@H](O)[C@H](O)CO)c1ccccc1Cl. The van der Waals surface area contributed by atoms with Gasteiger partial charge in [0.2, 0.25) is 0 Å². The summed E-state index contributed by atoms with van der Waals surface area (Å²) in [4.78, 5) is 11.7. The summed E-state index contributed by atoms with van der Waals surface area (Å²) in [5.41, 5.74) is 0.0943. The molecule has 8 heteroatoms. The van der Waals surface area contributed by atoms with E-state index in [0.717, 1.165) is 0 Å². The van der Waals surface area contributed by atoms with Gasteiger partial charge in [0.1, 0.15) is 31.0 Å². The molecule has 5 N–H and O–H groups in total. The Hall–Kier alpha value is -1.22. The summed E-state index contributed by atoms with van der Waals surface area (Å²) >= 11 is 5.79. The zero-order valence-corrected chi connectivity index (χ0v) is 11.7. The number of aliphatic hydroxyl groups excluding tert-OH is 5. The molecule has 1 rings (SSSR count). The number of esters is 1. The van der Waals surface area contributed by atoms with Crippen LogP contribution in [-0.4, -0.2) is 69.1 Å². The molecule has 7 nitrogen and oxygen atoms in total. The van der Waals surface area contributed by atoms with E-state index in [-0.39, 0.29) is 10.6 Å². The minimum absolute atomic E-state index is 0.0943. The third kappa shape index (κ3) is 4.92. The highest BCUT2D eigenvalue weighted by atomic mass is 35.5. The van der Waals surface area contributed by atoms with Crippen molar-refractivity contribution in [3.05, 3.63) is 34.9 Å². The van der Waals surface area contributed by atoms with E-state index in [2.05, 4.69) is 0 Å². The Kier molecular flexibility index (Phi) is 7.03. The lowest BCUT2D eigenvalue weighted by atomic mass is 10.0. The van der Waals surface area contributed by atoms with E-state index in [1.165, 1.54) is 12.1 Å². The molecular weight excluding hydrogens is 304 g/mol. The lowest BCUT2D eigenvalue weighted by Gasteiger charge is -2.25. The molecule has 0 aromatic heterocycles. The number of hydrogen-bond donors (Lipinski definition) is 5. The average Bonchev–Trinajstić information content (AvgIpc) is 2.50. The predicted octanol–water partition coefficient (Wildman–Crippen LogP) is -1.07. The maximum atomic E-state index is 11.7. The smallest absolute Gasteiger partial charge is 0.339 e. The minimum atomic E-state index is -1.79. The standard InChI is InChI=1S/C13H17ClO7/c14-8-4-2-1-3-7(8)13(20)21-6-10(17)12(19)11(18)9(16)5-15/h1-4,9-12,15-19H,5-6H2/t9-,10+,11+,12+/m1/s1. The van der Waals surface area contributed by atoms with Crippen molar-refractivity contribution >= 4 is 17.6 Å². The second-order valence-electron chi connectivity index (χ2n) is 4.38. The zero-order valence-electron chi connectivity index (χ0n) is 11.0. The molecular formula is C13H17ClO7. The number of carbonyl (C=O) groups excluding carboxylic acids is 1. The molecule has 0 spiro atoms. The molecule has 4 atom stereocenters. The van der Waals surface area contributed by atoms with Gasteiger partial charge < -0.3 is 30.3 Å². The molecule has 21 heavy (non-hydrogen) atoms. The molecule has 118 valence electrons. The minimum Gasteiger partial charge on any atom is -0.459 e. The fourth-order valence-corrected chi connectivity index (χ4v) is 1.74. The van der Waals surface area contributed by atoms with Crippen LogP contribution in [0.1, 0.15) is 10.4 Å². The number of ether oxygens (including phenoxy) is 1. The van der Waals surface area contributed by atoms with Gasteiger partial charge in [0.05, 0.1) is 17.2 Å². The van der Waals surface area contributed by atoms with Gasteiger partial charge in [-0.25, -0.2) is 4.79 Å². The van der Waals surface area contributed by atoms with Gasteiger partial charge in [0.25, 0.3) is 0 Å². The maximum Gasteiger partial charge on any atom is 0.339 e. The normalized spacial score (nSPS) is 16.9. The summed E-state index contributed by atoms with van der Waals surface area (Å²) in [7, 11) is 0. The van der Waals surface area contributed by atoms with Crippen LogP contribution in [0.2, 0.25) is 5.02 Å². The quantitative estimate of drug-likeness (QED) is 0.405. The second-order valence-corrected chi connectivity index (χ2v) is 4.78.